The van der Waals surface area contributed by atoms with Crippen LogP contribution in [0.5, 0.6) is 0 Å². The third-order valence-corrected chi connectivity index (χ3v) is 5.08. The Morgan fingerprint density at radius 1 is 1.20 bits per heavy atom. The quantitative estimate of drug-likeness (QED) is 0.783. The highest BCUT2D eigenvalue weighted by Gasteiger charge is 2.15. The number of aromatic nitrogens is 2. The average molecular weight is 304 g/mol. The minimum Gasteiger partial charge on any atom is -0.367 e. The SMILES string of the molecule is CN(C)[C@H](CNc1ncnc2ccsc12)c1cccs1. The number of anilines is 1. The molecule has 104 valence electrons. The minimum absolute atomic E-state index is 0.347. The molecule has 0 aliphatic heterocycles. The molecule has 3 heterocycles. The summed E-state index contributed by atoms with van der Waals surface area (Å²) in [4.78, 5) is 12.2. The van der Waals surface area contributed by atoms with Gasteiger partial charge in [0.1, 0.15) is 12.1 Å². The summed E-state index contributed by atoms with van der Waals surface area (Å²) in [6, 6.07) is 6.64. The molecule has 0 fully saturated rings. The Morgan fingerprint density at radius 2 is 2.10 bits per heavy atom. The van der Waals surface area contributed by atoms with Crippen molar-refractivity contribution in [2.75, 3.05) is 26.0 Å². The molecule has 0 spiro atoms. The van der Waals surface area contributed by atoms with Crippen molar-refractivity contribution in [3.8, 4) is 0 Å². The van der Waals surface area contributed by atoms with Crippen LogP contribution < -0.4 is 5.32 Å². The maximum Gasteiger partial charge on any atom is 0.147 e. The van der Waals surface area contributed by atoms with Gasteiger partial charge in [0.25, 0.3) is 0 Å². The first-order chi connectivity index (χ1) is 9.75. The van der Waals surface area contributed by atoms with Gasteiger partial charge in [-0.15, -0.1) is 22.7 Å². The normalized spacial score (nSPS) is 12.9. The van der Waals surface area contributed by atoms with E-state index < -0.39 is 0 Å². The average Bonchev–Trinajstić information content (AvgIpc) is 3.09. The highest BCUT2D eigenvalue weighted by molar-refractivity contribution is 7.17. The molecule has 0 saturated carbocycles. The van der Waals surface area contributed by atoms with Crippen LogP contribution in [-0.2, 0) is 0 Å². The second-order valence-corrected chi connectivity index (χ2v) is 6.63. The second kappa shape index (κ2) is 5.87. The molecule has 0 unspecified atom stereocenters. The van der Waals surface area contributed by atoms with Gasteiger partial charge in [-0.05, 0) is 37.0 Å². The van der Waals surface area contributed by atoms with Crippen molar-refractivity contribution >= 4 is 38.7 Å². The predicted octanol–water partition coefficient (Wildman–Crippen LogP) is 3.47. The van der Waals surface area contributed by atoms with Gasteiger partial charge in [0.2, 0.25) is 0 Å². The van der Waals surface area contributed by atoms with Gasteiger partial charge in [0.15, 0.2) is 0 Å². The molecule has 1 N–H and O–H groups in total. The van der Waals surface area contributed by atoms with Crippen LogP contribution in [-0.4, -0.2) is 35.5 Å². The Morgan fingerprint density at radius 3 is 2.85 bits per heavy atom. The molecule has 3 aromatic heterocycles. The molecule has 3 aromatic rings. The molecular weight excluding hydrogens is 288 g/mol. The van der Waals surface area contributed by atoms with Gasteiger partial charge in [0, 0.05) is 11.4 Å². The maximum atomic E-state index is 4.36. The van der Waals surface area contributed by atoms with Gasteiger partial charge in [-0.2, -0.15) is 0 Å². The molecule has 0 aliphatic rings. The summed E-state index contributed by atoms with van der Waals surface area (Å²) in [5.74, 6) is 0.924. The maximum absolute atomic E-state index is 4.36. The summed E-state index contributed by atoms with van der Waals surface area (Å²) in [5, 5.41) is 7.64. The first kappa shape index (κ1) is 13.5. The minimum atomic E-state index is 0.347. The standard InChI is InChI=1S/C14H16N4S2/c1-18(2)11(12-4-3-6-19-12)8-15-14-13-10(5-7-20-13)16-9-17-14/h3-7,9,11H,8H2,1-2H3,(H,15,16,17)/t11-/m1/s1. The van der Waals surface area contributed by atoms with Crippen LogP contribution in [0.2, 0.25) is 0 Å². The number of hydrogen-bond acceptors (Lipinski definition) is 6. The molecule has 0 saturated heterocycles. The van der Waals surface area contributed by atoms with E-state index in [1.165, 1.54) is 4.88 Å². The fraction of sp³-hybridized carbons (Fsp3) is 0.286. The van der Waals surface area contributed by atoms with E-state index in [4.69, 9.17) is 0 Å². The summed E-state index contributed by atoms with van der Waals surface area (Å²) >= 11 is 3.46. The van der Waals surface area contributed by atoms with E-state index in [2.05, 4.69) is 51.8 Å². The van der Waals surface area contributed by atoms with Crippen LogP contribution in [0.25, 0.3) is 10.2 Å². The largest absolute Gasteiger partial charge is 0.367 e. The Bertz CT molecular complexity index is 675. The van der Waals surface area contributed by atoms with Crippen LogP contribution in [0.1, 0.15) is 10.9 Å². The zero-order valence-corrected chi connectivity index (χ0v) is 13.0. The van der Waals surface area contributed by atoms with Crippen LogP contribution in [0, 0.1) is 0 Å². The second-order valence-electron chi connectivity index (χ2n) is 4.73. The van der Waals surface area contributed by atoms with Gasteiger partial charge in [-0.1, -0.05) is 6.07 Å². The molecule has 20 heavy (non-hydrogen) atoms. The molecule has 3 rings (SSSR count). The van der Waals surface area contributed by atoms with E-state index in [-0.39, 0.29) is 0 Å². The summed E-state index contributed by atoms with van der Waals surface area (Å²) in [5.41, 5.74) is 1.00. The summed E-state index contributed by atoms with van der Waals surface area (Å²) in [6.07, 6.45) is 1.62. The molecule has 0 amide bonds. The van der Waals surface area contributed by atoms with E-state index in [1.54, 1.807) is 29.0 Å². The number of rotatable bonds is 5. The monoisotopic (exact) mass is 304 g/mol. The van der Waals surface area contributed by atoms with Gasteiger partial charge in [0.05, 0.1) is 16.3 Å². The molecule has 0 radical (unpaired) electrons. The van der Waals surface area contributed by atoms with Crippen molar-refractivity contribution in [3.05, 3.63) is 40.2 Å². The van der Waals surface area contributed by atoms with Crippen LogP contribution in [0.4, 0.5) is 5.82 Å². The smallest absolute Gasteiger partial charge is 0.147 e. The molecular formula is C14H16N4S2. The Labute approximate surface area is 126 Å². The van der Waals surface area contributed by atoms with Gasteiger partial charge in [-0.25, -0.2) is 9.97 Å². The fourth-order valence-corrected chi connectivity index (χ4v) is 3.86. The van der Waals surface area contributed by atoms with Crippen molar-refractivity contribution in [1.29, 1.82) is 0 Å². The van der Waals surface area contributed by atoms with Crippen molar-refractivity contribution < 1.29 is 0 Å². The molecule has 1 atom stereocenters. The highest BCUT2D eigenvalue weighted by atomic mass is 32.1. The number of nitrogens with one attached hydrogen (secondary N) is 1. The Hall–Kier alpha value is -1.50. The van der Waals surface area contributed by atoms with E-state index in [0.29, 0.717) is 6.04 Å². The van der Waals surface area contributed by atoms with Gasteiger partial charge >= 0.3 is 0 Å². The molecule has 0 bridgehead atoms. The van der Waals surface area contributed by atoms with E-state index >= 15 is 0 Å². The number of nitrogens with zero attached hydrogens (tertiary/aromatic N) is 3. The first-order valence-corrected chi connectivity index (χ1v) is 8.13. The number of hydrogen-bond donors (Lipinski definition) is 1. The van der Waals surface area contributed by atoms with Gasteiger partial charge in [-0.3, -0.25) is 0 Å². The van der Waals surface area contributed by atoms with Crippen molar-refractivity contribution in [2.45, 2.75) is 6.04 Å². The predicted molar refractivity (Wildman–Crippen MR) is 86.7 cm³/mol. The lowest BCUT2D eigenvalue weighted by Gasteiger charge is -2.23. The molecule has 0 aromatic carbocycles. The summed E-state index contributed by atoms with van der Waals surface area (Å²) < 4.78 is 1.12. The van der Waals surface area contributed by atoms with Crippen LogP contribution in [0.3, 0.4) is 0 Å². The molecule has 4 nitrogen and oxygen atoms in total. The molecule has 0 aliphatic carbocycles. The van der Waals surface area contributed by atoms with E-state index in [1.807, 2.05) is 11.4 Å². The summed E-state index contributed by atoms with van der Waals surface area (Å²) in [7, 11) is 4.21. The van der Waals surface area contributed by atoms with Crippen LogP contribution in [0.15, 0.2) is 35.3 Å². The number of thiophene rings is 2. The third-order valence-electron chi connectivity index (χ3n) is 3.20. The highest BCUT2D eigenvalue weighted by Crippen LogP contribution is 2.27. The lowest BCUT2D eigenvalue weighted by molar-refractivity contribution is 0.316. The topological polar surface area (TPSA) is 41.0 Å². The number of fused-ring (bicyclic) bond motifs is 1. The zero-order chi connectivity index (χ0) is 13.9. The molecule has 6 heteroatoms. The first-order valence-electron chi connectivity index (χ1n) is 6.37. The van der Waals surface area contributed by atoms with Crippen molar-refractivity contribution in [2.24, 2.45) is 0 Å². The van der Waals surface area contributed by atoms with Crippen LogP contribution >= 0.6 is 22.7 Å². The Kier molecular flexibility index (Phi) is 3.95. The lowest BCUT2D eigenvalue weighted by atomic mass is 10.2. The zero-order valence-electron chi connectivity index (χ0n) is 11.4. The van der Waals surface area contributed by atoms with E-state index in [9.17, 15) is 0 Å². The fourth-order valence-electron chi connectivity index (χ4n) is 2.13. The third kappa shape index (κ3) is 2.67. The summed E-state index contributed by atoms with van der Waals surface area (Å²) in [6.45, 7) is 0.831. The lowest BCUT2D eigenvalue weighted by Crippen LogP contribution is -2.26. The van der Waals surface area contributed by atoms with Crippen molar-refractivity contribution in [3.63, 3.8) is 0 Å². The van der Waals surface area contributed by atoms with E-state index in [0.717, 1.165) is 22.6 Å². The Balaban J connectivity index is 1.79. The van der Waals surface area contributed by atoms with Gasteiger partial charge < -0.3 is 10.2 Å². The number of likely N-dealkylation sites (N-methyl/N-ethyl adjacent to an activating group) is 1. The van der Waals surface area contributed by atoms with Crippen molar-refractivity contribution in [1.82, 2.24) is 14.9 Å².